The lowest BCUT2D eigenvalue weighted by Gasteiger charge is -2.16. The summed E-state index contributed by atoms with van der Waals surface area (Å²) >= 11 is 11.8. The van der Waals surface area contributed by atoms with Gasteiger partial charge >= 0.3 is 5.97 Å². The second-order valence-electron chi connectivity index (χ2n) is 3.58. The second kappa shape index (κ2) is 6.84. The van der Waals surface area contributed by atoms with Gasteiger partial charge in [0.1, 0.15) is 6.04 Å². The normalized spacial score (nSPS) is 12.2. The van der Waals surface area contributed by atoms with E-state index in [4.69, 9.17) is 27.9 Å². The molecule has 0 aliphatic rings. The smallest absolute Gasteiger partial charge is 0.327 e. The number of nitrogens with one attached hydrogen (secondary N) is 1. The molecule has 0 bridgehead atoms. The van der Waals surface area contributed by atoms with Gasteiger partial charge in [0, 0.05) is 0 Å². The first-order valence-electron chi connectivity index (χ1n) is 5.36. The number of carbonyl (C=O) groups is 1. The number of esters is 1. The molecule has 0 saturated heterocycles. The Kier molecular flexibility index (Phi) is 5.75. The molecule has 0 aliphatic heterocycles. The van der Waals surface area contributed by atoms with Gasteiger partial charge in [0.25, 0.3) is 0 Å². The molecule has 0 aromatic heterocycles. The second-order valence-corrected chi connectivity index (χ2v) is 4.40. The van der Waals surface area contributed by atoms with Gasteiger partial charge in [0.15, 0.2) is 0 Å². The number of hydrogen-bond donors (Lipinski definition) is 1. The molecule has 1 aromatic rings. The van der Waals surface area contributed by atoms with Crippen LogP contribution in [-0.4, -0.2) is 19.6 Å². The zero-order valence-corrected chi connectivity index (χ0v) is 11.3. The van der Waals surface area contributed by atoms with Crippen molar-refractivity contribution in [1.29, 1.82) is 0 Å². The quantitative estimate of drug-likeness (QED) is 0.839. The largest absolute Gasteiger partial charge is 0.468 e. The van der Waals surface area contributed by atoms with Gasteiger partial charge < -0.3 is 10.1 Å². The monoisotopic (exact) mass is 275 g/mol. The molecule has 1 N–H and O–H groups in total. The standard InChI is InChI=1S/C12H15Cl2NO2/c1-3-6-15-11(12(16)17-2)8-4-5-9(13)10(14)7-8/h4-5,7,11,15H,3,6H2,1-2H3. The molecule has 1 aromatic carbocycles. The molecule has 0 saturated carbocycles. The van der Waals surface area contributed by atoms with Crippen LogP contribution in [0.5, 0.6) is 0 Å². The lowest BCUT2D eigenvalue weighted by molar-refractivity contribution is -0.143. The lowest BCUT2D eigenvalue weighted by atomic mass is 10.1. The first kappa shape index (κ1) is 14.3. The summed E-state index contributed by atoms with van der Waals surface area (Å²) < 4.78 is 4.76. The fraction of sp³-hybridized carbons (Fsp3) is 0.417. The molecule has 0 radical (unpaired) electrons. The maximum absolute atomic E-state index is 11.7. The summed E-state index contributed by atoms with van der Waals surface area (Å²) in [6.07, 6.45) is 0.925. The summed E-state index contributed by atoms with van der Waals surface area (Å²) in [7, 11) is 1.36. The molecular formula is C12H15Cl2NO2. The van der Waals surface area contributed by atoms with Crippen LogP contribution in [0.2, 0.25) is 10.0 Å². The highest BCUT2D eigenvalue weighted by atomic mass is 35.5. The Morgan fingerprint density at radius 1 is 1.41 bits per heavy atom. The summed E-state index contributed by atoms with van der Waals surface area (Å²) in [6.45, 7) is 2.75. The van der Waals surface area contributed by atoms with Crippen LogP contribution >= 0.6 is 23.2 Å². The maximum Gasteiger partial charge on any atom is 0.327 e. The third kappa shape index (κ3) is 3.87. The Bertz CT molecular complexity index is 396. The highest BCUT2D eigenvalue weighted by Gasteiger charge is 2.20. The van der Waals surface area contributed by atoms with Crippen molar-refractivity contribution >= 4 is 29.2 Å². The zero-order valence-electron chi connectivity index (χ0n) is 9.80. The number of hydrogen-bond acceptors (Lipinski definition) is 3. The summed E-state index contributed by atoms with van der Waals surface area (Å²) in [5, 5.41) is 4.00. The summed E-state index contributed by atoms with van der Waals surface area (Å²) in [5.74, 6) is -0.336. The molecular weight excluding hydrogens is 261 g/mol. The number of methoxy groups -OCH3 is 1. The molecule has 0 fully saturated rings. The Hall–Kier alpha value is -0.770. The van der Waals surface area contributed by atoms with E-state index >= 15 is 0 Å². The zero-order chi connectivity index (χ0) is 12.8. The topological polar surface area (TPSA) is 38.3 Å². The Labute approximate surface area is 111 Å². The van der Waals surface area contributed by atoms with Crippen molar-refractivity contribution in [1.82, 2.24) is 5.32 Å². The fourth-order valence-electron chi connectivity index (χ4n) is 1.44. The predicted molar refractivity (Wildman–Crippen MR) is 69.5 cm³/mol. The molecule has 0 heterocycles. The summed E-state index contributed by atoms with van der Waals surface area (Å²) in [6, 6.07) is 4.60. The Morgan fingerprint density at radius 2 is 2.12 bits per heavy atom. The minimum atomic E-state index is -0.505. The molecule has 0 spiro atoms. The first-order chi connectivity index (χ1) is 8.10. The number of carbonyl (C=O) groups excluding carboxylic acids is 1. The van der Waals surface area contributed by atoms with Gasteiger partial charge in [-0.15, -0.1) is 0 Å². The van der Waals surface area contributed by atoms with Crippen LogP contribution in [0.3, 0.4) is 0 Å². The molecule has 3 nitrogen and oxygen atoms in total. The van der Waals surface area contributed by atoms with E-state index in [-0.39, 0.29) is 5.97 Å². The van der Waals surface area contributed by atoms with Crippen LogP contribution in [0.15, 0.2) is 18.2 Å². The van der Waals surface area contributed by atoms with Crippen molar-refractivity contribution < 1.29 is 9.53 Å². The summed E-state index contributed by atoms with van der Waals surface area (Å²) in [5.41, 5.74) is 0.750. The van der Waals surface area contributed by atoms with Gasteiger partial charge in [0.05, 0.1) is 17.2 Å². The minimum Gasteiger partial charge on any atom is -0.468 e. The number of rotatable bonds is 5. The number of halogens is 2. The van der Waals surface area contributed by atoms with Crippen LogP contribution in [0.4, 0.5) is 0 Å². The van der Waals surface area contributed by atoms with Crippen molar-refractivity contribution in [2.24, 2.45) is 0 Å². The van der Waals surface area contributed by atoms with Crippen molar-refractivity contribution in [2.75, 3.05) is 13.7 Å². The van der Waals surface area contributed by atoms with Gasteiger partial charge in [0.2, 0.25) is 0 Å². The molecule has 1 unspecified atom stereocenters. The van der Waals surface area contributed by atoms with Crippen molar-refractivity contribution in [2.45, 2.75) is 19.4 Å². The average molecular weight is 276 g/mol. The highest BCUT2D eigenvalue weighted by Crippen LogP contribution is 2.26. The first-order valence-corrected chi connectivity index (χ1v) is 6.12. The summed E-state index contributed by atoms with van der Waals surface area (Å²) in [4.78, 5) is 11.7. The molecule has 94 valence electrons. The van der Waals surface area contributed by atoms with E-state index in [1.807, 2.05) is 6.92 Å². The number of ether oxygens (including phenoxy) is 1. The lowest BCUT2D eigenvalue weighted by Crippen LogP contribution is -2.30. The molecule has 1 atom stereocenters. The fourth-order valence-corrected chi connectivity index (χ4v) is 1.74. The van der Waals surface area contributed by atoms with Crippen LogP contribution in [0.1, 0.15) is 24.9 Å². The van der Waals surface area contributed by atoms with Gasteiger partial charge in [-0.2, -0.15) is 0 Å². The van der Waals surface area contributed by atoms with Crippen molar-refractivity contribution in [3.05, 3.63) is 33.8 Å². The van der Waals surface area contributed by atoms with E-state index in [2.05, 4.69) is 5.32 Å². The molecule has 1 rings (SSSR count). The Balaban J connectivity index is 2.95. The van der Waals surface area contributed by atoms with Gasteiger partial charge in [-0.25, -0.2) is 4.79 Å². The van der Waals surface area contributed by atoms with Gasteiger partial charge in [-0.1, -0.05) is 36.2 Å². The predicted octanol–water partition coefficient (Wildman–Crippen LogP) is 3.21. The van der Waals surface area contributed by atoms with Crippen LogP contribution < -0.4 is 5.32 Å². The van der Waals surface area contributed by atoms with Gasteiger partial charge in [-0.3, -0.25) is 0 Å². The molecule has 5 heteroatoms. The Morgan fingerprint density at radius 3 is 2.65 bits per heavy atom. The third-order valence-corrected chi connectivity index (χ3v) is 3.05. The number of benzene rings is 1. The van der Waals surface area contributed by atoms with E-state index in [9.17, 15) is 4.79 Å². The molecule has 17 heavy (non-hydrogen) atoms. The van der Waals surface area contributed by atoms with E-state index in [1.54, 1.807) is 18.2 Å². The van der Waals surface area contributed by atoms with E-state index in [0.717, 1.165) is 18.5 Å². The van der Waals surface area contributed by atoms with E-state index in [0.29, 0.717) is 10.0 Å². The minimum absolute atomic E-state index is 0.336. The van der Waals surface area contributed by atoms with Crippen LogP contribution in [0.25, 0.3) is 0 Å². The van der Waals surface area contributed by atoms with E-state index < -0.39 is 6.04 Å². The molecule has 0 aliphatic carbocycles. The molecule has 0 amide bonds. The highest BCUT2D eigenvalue weighted by molar-refractivity contribution is 6.42. The van der Waals surface area contributed by atoms with Crippen LogP contribution in [-0.2, 0) is 9.53 Å². The van der Waals surface area contributed by atoms with Crippen molar-refractivity contribution in [3.8, 4) is 0 Å². The average Bonchev–Trinajstić information content (AvgIpc) is 2.33. The van der Waals surface area contributed by atoms with Crippen molar-refractivity contribution in [3.63, 3.8) is 0 Å². The SMILES string of the molecule is CCCNC(C(=O)OC)c1ccc(Cl)c(Cl)c1. The van der Waals surface area contributed by atoms with Crippen LogP contribution in [0, 0.1) is 0 Å². The maximum atomic E-state index is 11.7. The van der Waals surface area contributed by atoms with E-state index in [1.165, 1.54) is 7.11 Å². The van der Waals surface area contributed by atoms with Gasteiger partial charge in [-0.05, 0) is 30.7 Å². The third-order valence-electron chi connectivity index (χ3n) is 2.31.